The SMILES string of the molecule is CCCCCN1C(=O)C(C#N)=C(C)/C(=C/c2ccc(OC)c(OC)c2)C1=O. The van der Waals surface area contributed by atoms with E-state index in [0.29, 0.717) is 29.2 Å². The summed E-state index contributed by atoms with van der Waals surface area (Å²) in [4.78, 5) is 26.6. The molecule has 1 heterocycles. The molecule has 2 rings (SSSR count). The Morgan fingerprint density at radius 2 is 1.81 bits per heavy atom. The van der Waals surface area contributed by atoms with Crippen LogP contribution in [0, 0.1) is 11.3 Å². The molecule has 1 aromatic carbocycles. The molecule has 6 nitrogen and oxygen atoms in total. The van der Waals surface area contributed by atoms with Crippen LogP contribution in [0.1, 0.15) is 38.7 Å². The van der Waals surface area contributed by atoms with E-state index in [4.69, 9.17) is 9.47 Å². The number of nitrogens with zero attached hydrogens (tertiary/aromatic N) is 2. The van der Waals surface area contributed by atoms with E-state index in [9.17, 15) is 14.9 Å². The molecule has 1 aliphatic rings. The molecule has 0 saturated heterocycles. The van der Waals surface area contributed by atoms with Crippen LogP contribution in [0.25, 0.3) is 6.08 Å². The molecule has 2 amide bonds. The van der Waals surface area contributed by atoms with Crippen LogP contribution in [0.15, 0.2) is 34.9 Å². The fourth-order valence-corrected chi connectivity index (χ4v) is 2.96. The van der Waals surface area contributed by atoms with Crippen LogP contribution < -0.4 is 9.47 Å². The third kappa shape index (κ3) is 4.20. The first-order chi connectivity index (χ1) is 13.0. The third-order valence-corrected chi connectivity index (χ3v) is 4.53. The number of methoxy groups -OCH3 is 2. The molecule has 1 aromatic rings. The van der Waals surface area contributed by atoms with Crippen LogP contribution in [-0.4, -0.2) is 37.5 Å². The van der Waals surface area contributed by atoms with E-state index in [1.165, 1.54) is 12.0 Å². The summed E-state index contributed by atoms with van der Waals surface area (Å²) in [6.07, 6.45) is 4.28. The number of amides is 2. The summed E-state index contributed by atoms with van der Waals surface area (Å²) in [5.74, 6) is 0.229. The van der Waals surface area contributed by atoms with E-state index in [1.54, 1.807) is 38.3 Å². The average molecular weight is 368 g/mol. The number of imide groups is 1. The second-order valence-electron chi connectivity index (χ2n) is 6.25. The van der Waals surface area contributed by atoms with Gasteiger partial charge in [0.25, 0.3) is 11.8 Å². The zero-order chi connectivity index (χ0) is 20.0. The van der Waals surface area contributed by atoms with Crippen molar-refractivity contribution in [3.63, 3.8) is 0 Å². The number of nitriles is 1. The molecule has 0 aromatic heterocycles. The number of carbonyl (C=O) groups is 2. The predicted octanol–water partition coefficient (Wildman–Crippen LogP) is 3.49. The lowest BCUT2D eigenvalue weighted by atomic mass is 9.93. The number of hydrogen-bond donors (Lipinski definition) is 0. The van der Waals surface area contributed by atoms with Crippen molar-refractivity contribution >= 4 is 17.9 Å². The van der Waals surface area contributed by atoms with Crippen LogP contribution in [0.5, 0.6) is 11.5 Å². The number of ether oxygens (including phenoxy) is 2. The highest BCUT2D eigenvalue weighted by molar-refractivity contribution is 6.19. The summed E-state index contributed by atoms with van der Waals surface area (Å²) < 4.78 is 10.5. The molecule has 0 bridgehead atoms. The predicted molar refractivity (Wildman–Crippen MR) is 102 cm³/mol. The number of benzene rings is 1. The number of rotatable bonds is 7. The lowest BCUT2D eigenvalue weighted by molar-refractivity contribution is -0.140. The third-order valence-electron chi connectivity index (χ3n) is 4.53. The number of hydrogen-bond acceptors (Lipinski definition) is 5. The van der Waals surface area contributed by atoms with Gasteiger partial charge in [-0.15, -0.1) is 0 Å². The first-order valence-corrected chi connectivity index (χ1v) is 8.89. The van der Waals surface area contributed by atoms with Crippen LogP contribution >= 0.6 is 0 Å². The summed E-state index contributed by atoms with van der Waals surface area (Å²) in [5.41, 5.74) is 1.47. The van der Waals surface area contributed by atoms with Crippen molar-refractivity contribution in [1.82, 2.24) is 4.90 Å². The van der Waals surface area contributed by atoms with Crippen molar-refractivity contribution in [3.05, 3.63) is 40.5 Å². The normalized spacial score (nSPS) is 16.0. The van der Waals surface area contributed by atoms with Crippen LogP contribution in [0.2, 0.25) is 0 Å². The molecule has 0 fully saturated rings. The first-order valence-electron chi connectivity index (χ1n) is 8.89. The maximum atomic E-state index is 12.9. The highest BCUT2D eigenvalue weighted by Gasteiger charge is 2.34. The Kier molecular flexibility index (Phi) is 6.78. The van der Waals surface area contributed by atoms with Gasteiger partial charge in [0, 0.05) is 12.1 Å². The fraction of sp³-hybridized carbons (Fsp3) is 0.381. The summed E-state index contributed by atoms with van der Waals surface area (Å²) >= 11 is 0. The Morgan fingerprint density at radius 3 is 2.41 bits per heavy atom. The maximum absolute atomic E-state index is 12.9. The smallest absolute Gasteiger partial charge is 0.271 e. The van der Waals surface area contributed by atoms with Gasteiger partial charge in [-0.1, -0.05) is 25.8 Å². The molecule has 6 heteroatoms. The maximum Gasteiger partial charge on any atom is 0.271 e. The largest absolute Gasteiger partial charge is 0.493 e. The van der Waals surface area contributed by atoms with Crippen LogP contribution in [0.3, 0.4) is 0 Å². The quantitative estimate of drug-likeness (QED) is 0.418. The minimum Gasteiger partial charge on any atom is -0.493 e. The minimum absolute atomic E-state index is 0.0119. The van der Waals surface area contributed by atoms with Gasteiger partial charge in [-0.25, -0.2) is 0 Å². The van der Waals surface area contributed by atoms with E-state index in [0.717, 1.165) is 24.8 Å². The molecule has 0 saturated carbocycles. The lowest BCUT2D eigenvalue weighted by Crippen LogP contribution is -2.43. The summed E-state index contributed by atoms with van der Waals surface area (Å²) in [6.45, 7) is 3.99. The summed E-state index contributed by atoms with van der Waals surface area (Å²) in [7, 11) is 3.08. The number of unbranched alkanes of at least 4 members (excludes halogenated alkanes) is 2. The zero-order valence-corrected chi connectivity index (χ0v) is 16.2. The molecule has 1 aliphatic heterocycles. The molecule has 142 valence electrons. The van der Waals surface area contributed by atoms with Gasteiger partial charge in [0.15, 0.2) is 11.5 Å². The Hall–Kier alpha value is -3.07. The lowest BCUT2D eigenvalue weighted by Gasteiger charge is -2.27. The van der Waals surface area contributed by atoms with Crippen molar-refractivity contribution in [1.29, 1.82) is 5.26 Å². The van der Waals surface area contributed by atoms with Gasteiger partial charge in [0.05, 0.1) is 14.2 Å². The molecule has 27 heavy (non-hydrogen) atoms. The van der Waals surface area contributed by atoms with E-state index < -0.39 is 5.91 Å². The zero-order valence-electron chi connectivity index (χ0n) is 16.2. The Labute approximate surface area is 159 Å². The van der Waals surface area contributed by atoms with Gasteiger partial charge in [-0.05, 0) is 42.7 Å². The fourth-order valence-electron chi connectivity index (χ4n) is 2.96. The van der Waals surface area contributed by atoms with Gasteiger partial charge >= 0.3 is 0 Å². The first kappa shape index (κ1) is 20.2. The van der Waals surface area contributed by atoms with Gasteiger partial charge in [0.2, 0.25) is 0 Å². The molecule has 0 N–H and O–H groups in total. The van der Waals surface area contributed by atoms with Crippen LogP contribution in [0.4, 0.5) is 0 Å². The molecular weight excluding hydrogens is 344 g/mol. The summed E-state index contributed by atoms with van der Waals surface area (Å²) in [6, 6.07) is 7.23. The highest BCUT2D eigenvalue weighted by Crippen LogP contribution is 2.31. The van der Waals surface area contributed by atoms with Crippen molar-refractivity contribution < 1.29 is 19.1 Å². The van der Waals surface area contributed by atoms with Crippen molar-refractivity contribution in [2.75, 3.05) is 20.8 Å². The van der Waals surface area contributed by atoms with Gasteiger partial charge in [0.1, 0.15) is 11.6 Å². The van der Waals surface area contributed by atoms with Gasteiger partial charge < -0.3 is 9.47 Å². The molecular formula is C21H24N2O4. The second kappa shape index (κ2) is 9.04. The van der Waals surface area contributed by atoms with E-state index in [1.807, 2.05) is 13.0 Å². The van der Waals surface area contributed by atoms with Gasteiger partial charge in [-0.2, -0.15) is 5.26 Å². The molecule has 0 unspecified atom stereocenters. The Bertz CT molecular complexity index is 846. The molecule has 0 aliphatic carbocycles. The number of carbonyl (C=O) groups excluding carboxylic acids is 2. The molecule has 0 radical (unpaired) electrons. The molecule has 0 atom stereocenters. The van der Waals surface area contributed by atoms with Crippen molar-refractivity contribution in [2.24, 2.45) is 0 Å². The van der Waals surface area contributed by atoms with Crippen LogP contribution in [-0.2, 0) is 9.59 Å². The Morgan fingerprint density at radius 1 is 1.11 bits per heavy atom. The minimum atomic E-state index is -0.513. The highest BCUT2D eigenvalue weighted by atomic mass is 16.5. The van der Waals surface area contributed by atoms with Gasteiger partial charge in [-0.3, -0.25) is 14.5 Å². The second-order valence-corrected chi connectivity index (χ2v) is 6.25. The topological polar surface area (TPSA) is 79.6 Å². The van der Waals surface area contributed by atoms with E-state index in [-0.39, 0.29) is 11.5 Å². The van der Waals surface area contributed by atoms with Crippen molar-refractivity contribution in [2.45, 2.75) is 33.1 Å². The Balaban J connectivity index is 2.48. The average Bonchev–Trinajstić information content (AvgIpc) is 2.68. The van der Waals surface area contributed by atoms with E-state index >= 15 is 0 Å². The summed E-state index contributed by atoms with van der Waals surface area (Å²) in [5, 5.41) is 9.41. The van der Waals surface area contributed by atoms with Crippen molar-refractivity contribution in [3.8, 4) is 17.6 Å². The molecule has 0 spiro atoms. The monoisotopic (exact) mass is 368 g/mol. The standard InChI is InChI=1S/C21H24N2O4/c1-5-6-7-10-23-20(24)16(14(2)17(13-22)21(23)25)11-15-8-9-18(26-3)19(12-15)27-4/h8-9,11-12H,5-7,10H2,1-4H3/b16-11-. The van der Waals surface area contributed by atoms with E-state index in [2.05, 4.69) is 0 Å².